The highest BCUT2D eigenvalue weighted by Crippen LogP contribution is 2.11. The van der Waals surface area contributed by atoms with E-state index in [0.717, 1.165) is 6.54 Å². The SMILES string of the molecule is C1=CC(Cn2cccc2)C=C1. The van der Waals surface area contributed by atoms with Gasteiger partial charge in [0.05, 0.1) is 0 Å². The molecule has 1 aliphatic rings. The molecule has 56 valence electrons. The van der Waals surface area contributed by atoms with E-state index in [2.05, 4.69) is 53.4 Å². The Morgan fingerprint density at radius 2 is 1.64 bits per heavy atom. The standard InChI is InChI=1S/C10H11N/c1-2-6-10(5-1)9-11-7-3-4-8-11/h1-8,10H,9H2. The Bertz CT molecular complexity index is 255. The summed E-state index contributed by atoms with van der Waals surface area (Å²) in [5.74, 6) is 0.599. The van der Waals surface area contributed by atoms with Gasteiger partial charge in [-0.15, -0.1) is 0 Å². The summed E-state index contributed by atoms with van der Waals surface area (Å²) in [5, 5.41) is 0. The minimum Gasteiger partial charge on any atom is -0.353 e. The third kappa shape index (κ3) is 1.43. The minimum absolute atomic E-state index is 0.599. The fourth-order valence-corrected chi connectivity index (χ4v) is 1.33. The van der Waals surface area contributed by atoms with Crippen LogP contribution in [-0.4, -0.2) is 4.57 Å². The van der Waals surface area contributed by atoms with Crippen molar-refractivity contribution >= 4 is 0 Å². The molecule has 1 nitrogen and oxygen atoms in total. The highest BCUT2D eigenvalue weighted by Gasteiger charge is 2.02. The summed E-state index contributed by atoms with van der Waals surface area (Å²) in [6.07, 6.45) is 12.8. The third-order valence-corrected chi connectivity index (χ3v) is 1.92. The normalized spacial score (nSPS) is 16.4. The Hall–Kier alpha value is -1.24. The van der Waals surface area contributed by atoms with E-state index < -0.39 is 0 Å². The van der Waals surface area contributed by atoms with E-state index in [1.54, 1.807) is 0 Å². The molecule has 1 aromatic rings. The molecule has 11 heavy (non-hydrogen) atoms. The average Bonchev–Trinajstić information content (AvgIpc) is 2.60. The lowest BCUT2D eigenvalue weighted by Crippen LogP contribution is -2.02. The Morgan fingerprint density at radius 3 is 2.27 bits per heavy atom. The first kappa shape index (κ1) is 6.47. The van der Waals surface area contributed by atoms with Crippen LogP contribution in [0.2, 0.25) is 0 Å². The molecule has 1 aliphatic carbocycles. The molecule has 0 atom stereocenters. The second-order valence-corrected chi connectivity index (χ2v) is 2.81. The van der Waals surface area contributed by atoms with Gasteiger partial charge in [0.15, 0.2) is 0 Å². The van der Waals surface area contributed by atoms with Crippen LogP contribution in [0.4, 0.5) is 0 Å². The zero-order valence-electron chi connectivity index (χ0n) is 6.35. The molecule has 1 aromatic heterocycles. The van der Waals surface area contributed by atoms with Gasteiger partial charge in [0.1, 0.15) is 0 Å². The number of hydrogen-bond acceptors (Lipinski definition) is 0. The lowest BCUT2D eigenvalue weighted by molar-refractivity contribution is 0.622. The van der Waals surface area contributed by atoms with Gasteiger partial charge in [0.25, 0.3) is 0 Å². The average molecular weight is 145 g/mol. The van der Waals surface area contributed by atoms with Crippen molar-refractivity contribution in [3.8, 4) is 0 Å². The zero-order valence-corrected chi connectivity index (χ0v) is 6.35. The van der Waals surface area contributed by atoms with Gasteiger partial charge >= 0.3 is 0 Å². The maximum Gasteiger partial charge on any atom is 0.0317 e. The van der Waals surface area contributed by atoms with Gasteiger partial charge in [-0.25, -0.2) is 0 Å². The number of rotatable bonds is 2. The van der Waals surface area contributed by atoms with Crippen molar-refractivity contribution in [1.29, 1.82) is 0 Å². The summed E-state index contributed by atoms with van der Waals surface area (Å²) in [6, 6.07) is 4.12. The lowest BCUT2D eigenvalue weighted by atomic mass is 10.2. The predicted molar refractivity (Wildman–Crippen MR) is 46.2 cm³/mol. The molecule has 0 spiro atoms. The van der Waals surface area contributed by atoms with Crippen molar-refractivity contribution in [1.82, 2.24) is 4.57 Å². The van der Waals surface area contributed by atoms with E-state index >= 15 is 0 Å². The molecule has 0 amide bonds. The molecule has 0 fully saturated rings. The Balaban J connectivity index is 2.01. The van der Waals surface area contributed by atoms with Crippen molar-refractivity contribution < 1.29 is 0 Å². The lowest BCUT2D eigenvalue weighted by Gasteiger charge is -2.05. The molecule has 0 aromatic carbocycles. The van der Waals surface area contributed by atoms with Crippen molar-refractivity contribution in [3.05, 3.63) is 48.8 Å². The monoisotopic (exact) mass is 145 g/mol. The number of hydrogen-bond donors (Lipinski definition) is 0. The van der Waals surface area contributed by atoms with Crippen LogP contribution in [0.3, 0.4) is 0 Å². The molecule has 0 N–H and O–H groups in total. The molecular formula is C10H11N. The van der Waals surface area contributed by atoms with Crippen LogP contribution >= 0.6 is 0 Å². The molecule has 0 radical (unpaired) electrons. The molecule has 0 bridgehead atoms. The van der Waals surface area contributed by atoms with Gasteiger partial charge in [0.2, 0.25) is 0 Å². The fraction of sp³-hybridized carbons (Fsp3) is 0.200. The molecule has 0 saturated carbocycles. The first-order valence-corrected chi connectivity index (χ1v) is 3.91. The summed E-state index contributed by atoms with van der Waals surface area (Å²) in [6.45, 7) is 1.07. The first-order chi connectivity index (χ1) is 5.45. The van der Waals surface area contributed by atoms with Crippen LogP contribution < -0.4 is 0 Å². The Kier molecular flexibility index (Phi) is 1.64. The van der Waals surface area contributed by atoms with Gasteiger partial charge < -0.3 is 4.57 Å². The van der Waals surface area contributed by atoms with Crippen LogP contribution in [0.1, 0.15) is 0 Å². The van der Waals surface area contributed by atoms with E-state index in [0.29, 0.717) is 5.92 Å². The van der Waals surface area contributed by atoms with Crippen LogP contribution in [0, 0.1) is 5.92 Å². The van der Waals surface area contributed by atoms with E-state index in [9.17, 15) is 0 Å². The summed E-state index contributed by atoms with van der Waals surface area (Å²) >= 11 is 0. The predicted octanol–water partition coefficient (Wildman–Crippen LogP) is 2.23. The van der Waals surface area contributed by atoms with Crippen LogP contribution in [0.25, 0.3) is 0 Å². The molecule has 1 heteroatoms. The quantitative estimate of drug-likeness (QED) is 0.601. The van der Waals surface area contributed by atoms with Crippen molar-refractivity contribution in [2.75, 3.05) is 0 Å². The number of nitrogens with zero attached hydrogens (tertiary/aromatic N) is 1. The summed E-state index contributed by atoms with van der Waals surface area (Å²) in [5.41, 5.74) is 0. The second kappa shape index (κ2) is 2.79. The van der Waals surface area contributed by atoms with E-state index in [4.69, 9.17) is 0 Å². The van der Waals surface area contributed by atoms with Gasteiger partial charge in [-0.1, -0.05) is 24.3 Å². The molecule has 1 heterocycles. The van der Waals surface area contributed by atoms with E-state index in [1.807, 2.05) is 0 Å². The van der Waals surface area contributed by atoms with Crippen LogP contribution in [-0.2, 0) is 6.54 Å². The topological polar surface area (TPSA) is 4.93 Å². The van der Waals surface area contributed by atoms with E-state index in [1.165, 1.54) is 0 Å². The van der Waals surface area contributed by atoms with Crippen LogP contribution in [0.5, 0.6) is 0 Å². The Labute approximate surface area is 66.7 Å². The highest BCUT2D eigenvalue weighted by molar-refractivity contribution is 5.17. The van der Waals surface area contributed by atoms with E-state index in [-0.39, 0.29) is 0 Å². The maximum absolute atomic E-state index is 2.22. The number of allylic oxidation sites excluding steroid dienone is 4. The molecule has 2 rings (SSSR count). The molecule has 0 unspecified atom stereocenters. The summed E-state index contributed by atoms with van der Waals surface area (Å²) in [4.78, 5) is 0. The van der Waals surface area contributed by atoms with Crippen molar-refractivity contribution in [3.63, 3.8) is 0 Å². The van der Waals surface area contributed by atoms with Gasteiger partial charge in [0, 0.05) is 24.9 Å². The third-order valence-electron chi connectivity index (χ3n) is 1.92. The second-order valence-electron chi connectivity index (χ2n) is 2.81. The van der Waals surface area contributed by atoms with Crippen molar-refractivity contribution in [2.24, 2.45) is 5.92 Å². The van der Waals surface area contributed by atoms with Gasteiger partial charge in [-0.05, 0) is 12.1 Å². The first-order valence-electron chi connectivity index (χ1n) is 3.91. The summed E-state index contributed by atoms with van der Waals surface area (Å²) in [7, 11) is 0. The van der Waals surface area contributed by atoms with Crippen molar-refractivity contribution in [2.45, 2.75) is 6.54 Å². The van der Waals surface area contributed by atoms with Crippen LogP contribution in [0.15, 0.2) is 48.8 Å². The minimum atomic E-state index is 0.599. The molecular weight excluding hydrogens is 134 g/mol. The summed E-state index contributed by atoms with van der Waals surface area (Å²) < 4.78 is 2.20. The van der Waals surface area contributed by atoms with Gasteiger partial charge in [-0.3, -0.25) is 0 Å². The zero-order chi connectivity index (χ0) is 7.52. The Morgan fingerprint density at radius 1 is 1.00 bits per heavy atom. The smallest absolute Gasteiger partial charge is 0.0317 e. The molecule has 0 aliphatic heterocycles. The molecule has 0 saturated heterocycles. The van der Waals surface area contributed by atoms with Gasteiger partial charge in [-0.2, -0.15) is 0 Å². The highest BCUT2D eigenvalue weighted by atomic mass is 14.9. The fourth-order valence-electron chi connectivity index (χ4n) is 1.33. The number of aromatic nitrogens is 1. The largest absolute Gasteiger partial charge is 0.353 e. The maximum atomic E-state index is 2.22.